The Morgan fingerprint density at radius 1 is 0.857 bits per heavy atom. The molecule has 2 N–H and O–H groups in total. The molecule has 35 heavy (non-hydrogen) atoms. The first-order valence-corrected chi connectivity index (χ1v) is 11.9. The van der Waals surface area contributed by atoms with Gasteiger partial charge in [0, 0.05) is 17.7 Å². The summed E-state index contributed by atoms with van der Waals surface area (Å²) in [5, 5.41) is 7.21. The predicted molar refractivity (Wildman–Crippen MR) is 138 cm³/mol. The third-order valence-corrected chi connectivity index (χ3v) is 6.71. The summed E-state index contributed by atoms with van der Waals surface area (Å²) >= 11 is 0. The fourth-order valence-corrected chi connectivity index (χ4v) is 5.01. The monoisotopic (exact) mass is 470 g/mol. The van der Waals surface area contributed by atoms with Crippen LogP contribution in [0.25, 0.3) is 0 Å². The highest BCUT2D eigenvalue weighted by molar-refractivity contribution is 6.01. The molecule has 2 aliphatic rings. The minimum atomic E-state index is -0.310. The van der Waals surface area contributed by atoms with Crippen LogP contribution in [0.4, 0.5) is 11.4 Å². The van der Waals surface area contributed by atoms with E-state index >= 15 is 0 Å². The average molecular weight is 471 g/mol. The summed E-state index contributed by atoms with van der Waals surface area (Å²) in [6.07, 6.45) is 1.20. The van der Waals surface area contributed by atoms with Gasteiger partial charge in [0.1, 0.15) is 5.75 Å². The van der Waals surface area contributed by atoms with Gasteiger partial charge >= 0.3 is 0 Å². The highest BCUT2D eigenvalue weighted by Crippen LogP contribution is 2.45. The van der Waals surface area contributed by atoms with Crippen LogP contribution in [0.2, 0.25) is 0 Å². The van der Waals surface area contributed by atoms with Crippen molar-refractivity contribution >= 4 is 17.2 Å². The summed E-state index contributed by atoms with van der Waals surface area (Å²) < 4.78 is 16.6. The third kappa shape index (κ3) is 4.44. The van der Waals surface area contributed by atoms with E-state index in [2.05, 4.69) is 22.8 Å². The number of carbonyl (C=O) groups excluding carboxylic acids is 1. The molecule has 180 valence electrons. The minimum absolute atomic E-state index is 0.0979. The topological polar surface area (TPSA) is 68.8 Å². The lowest BCUT2D eigenvalue weighted by molar-refractivity contribution is -0.116. The molecule has 0 radical (unpaired) electrons. The van der Waals surface area contributed by atoms with E-state index < -0.39 is 0 Å². The Kier molecular flexibility index (Phi) is 6.36. The Bertz CT molecular complexity index is 1270. The number of ether oxygens (including phenoxy) is 3. The van der Waals surface area contributed by atoms with Gasteiger partial charge in [0.05, 0.1) is 38.2 Å². The molecule has 3 aromatic carbocycles. The number of nitrogens with one attached hydrogen (secondary N) is 2. The van der Waals surface area contributed by atoms with Crippen LogP contribution in [0, 0.1) is 0 Å². The van der Waals surface area contributed by atoms with Crippen LogP contribution < -0.4 is 24.8 Å². The van der Waals surface area contributed by atoms with E-state index in [0.29, 0.717) is 24.5 Å². The van der Waals surface area contributed by atoms with Crippen LogP contribution in [0.15, 0.2) is 78.0 Å². The SMILES string of the molecule is CCOc1ccc(C2CC(=O)C3=C(C2)Nc2ccccc2NC3c2ccc(OC)c(OC)c2)cc1. The molecule has 0 saturated heterocycles. The number of hydrogen-bond acceptors (Lipinski definition) is 6. The van der Waals surface area contributed by atoms with Gasteiger partial charge in [-0.3, -0.25) is 4.79 Å². The molecular weight excluding hydrogens is 440 g/mol. The maximum Gasteiger partial charge on any atom is 0.163 e. The standard InChI is InChI=1S/C29H30N2O4/c1-4-35-21-12-9-18(10-13-21)20-15-24-28(25(32)16-20)29(31-23-8-6-5-7-22(23)30-24)19-11-14-26(33-2)27(17-19)34-3/h5-14,17,20,29-31H,4,15-16H2,1-3H3. The number of anilines is 2. The van der Waals surface area contributed by atoms with Gasteiger partial charge in [-0.05, 0) is 66.8 Å². The van der Waals surface area contributed by atoms with Crippen LogP contribution >= 0.6 is 0 Å². The van der Waals surface area contributed by atoms with E-state index in [9.17, 15) is 4.79 Å². The lowest BCUT2D eigenvalue weighted by Gasteiger charge is -2.30. The molecule has 2 unspecified atom stereocenters. The molecular formula is C29H30N2O4. The smallest absolute Gasteiger partial charge is 0.163 e. The number of hydrogen-bond donors (Lipinski definition) is 2. The third-order valence-electron chi connectivity index (χ3n) is 6.71. The van der Waals surface area contributed by atoms with Crippen molar-refractivity contribution in [2.45, 2.75) is 31.7 Å². The van der Waals surface area contributed by atoms with Gasteiger partial charge in [0.25, 0.3) is 0 Å². The van der Waals surface area contributed by atoms with Gasteiger partial charge in [0.15, 0.2) is 17.3 Å². The van der Waals surface area contributed by atoms with Crippen LogP contribution in [0.3, 0.4) is 0 Å². The molecule has 0 spiro atoms. The van der Waals surface area contributed by atoms with E-state index in [1.54, 1.807) is 14.2 Å². The maximum atomic E-state index is 13.7. The van der Waals surface area contributed by atoms with Crippen molar-refractivity contribution < 1.29 is 19.0 Å². The Morgan fingerprint density at radius 3 is 2.29 bits per heavy atom. The van der Waals surface area contributed by atoms with Crippen molar-refractivity contribution in [2.75, 3.05) is 31.5 Å². The van der Waals surface area contributed by atoms with Crippen molar-refractivity contribution in [1.82, 2.24) is 0 Å². The van der Waals surface area contributed by atoms with Crippen molar-refractivity contribution in [2.24, 2.45) is 0 Å². The molecule has 6 heteroatoms. The van der Waals surface area contributed by atoms with Crippen molar-refractivity contribution in [3.8, 4) is 17.2 Å². The zero-order chi connectivity index (χ0) is 24.4. The molecule has 5 rings (SSSR count). The summed E-state index contributed by atoms with van der Waals surface area (Å²) in [5.74, 6) is 2.37. The van der Waals surface area contributed by atoms with E-state index in [-0.39, 0.29) is 17.7 Å². The largest absolute Gasteiger partial charge is 0.494 e. The van der Waals surface area contributed by atoms with Crippen LogP contribution in [-0.4, -0.2) is 26.6 Å². The van der Waals surface area contributed by atoms with Gasteiger partial charge in [-0.2, -0.15) is 0 Å². The molecule has 1 heterocycles. The first kappa shape index (κ1) is 22.8. The number of allylic oxidation sites excluding steroid dienone is 1. The van der Waals surface area contributed by atoms with E-state index in [1.807, 2.05) is 61.5 Å². The zero-order valence-electron chi connectivity index (χ0n) is 20.3. The minimum Gasteiger partial charge on any atom is -0.494 e. The quantitative estimate of drug-likeness (QED) is 0.455. The van der Waals surface area contributed by atoms with E-state index in [1.165, 1.54) is 0 Å². The summed E-state index contributed by atoms with van der Waals surface area (Å²) in [6, 6.07) is 21.7. The number of benzene rings is 3. The molecule has 0 bridgehead atoms. The Labute approximate surface area is 205 Å². The summed E-state index contributed by atoms with van der Waals surface area (Å²) in [7, 11) is 3.24. The van der Waals surface area contributed by atoms with Crippen molar-refractivity contribution in [3.05, 3.63) is 89.1 Å². The number of carbonyl (C=O) groups is 1. The van der Waals surface area contributed by atoms with Crippen LogP contribution in [-0.2, 0) is 4.79 Å². The van der Waals surface area contributed by atoms with Crippen molar-refractivity contribution in [3.63, 3.8) is 0 Å². The number of ketones is 1. The molecule has 1 aliphatic carbocycles. The molecule has 0 fully saturated rings. The summed E-state index contributed by atoms with van der Waals surface area (Å²) in [4.78, 5) is 13.7. The number of rotatable bonds is 6. The lowest BCUT2D eigenvalue weighted by atomic mass is 9.78. The molecule has 2 atom stereocenters. The first-order valence-electron chi connectivity index (χ1n) is 11.9. The second-order valence-electron chi connectivity index (χ2n) is 8.78. The van der Waals surface area contributed by atoms with Gasteiger partial charge in [-0.1, -0.05) is 30.3 Å². The second kappa shape index (κ2) is 9.74. The Morgan fingerprint density at radius 2 is 1.57 bits per heavy atom. The Hall–Kier alpha value is -3.93. The number of Topliss-reactive ketones (excluding diaryl/α,β-unsaturated/α-hetero) is 1. The van der Waals surface area contributed by atoms with Crippen LogP contribution in [0.1, 0.15) is 42.9 Å². The number of para-hydroxylation sites is 2. The van der Waals surface area contributed by atoms with E-state index in [4.69, 9.17) is 14.2 Å². The van der Waals surface area contributed by atoms with Crippen molar-refractivity contribution in [1.29, 1.82) is 0 Å². The van der Waals surface area contributed by atoms with Gasteiger partial charge in [-0.25, -0.2) is 0 Å². The maximum absolute atomic E-state index is 13.7. The molecule has 3 aromatic rings. The first-order chi connectivity index (χ1) is 17.1. The molecule has 1 aliphatic heterocycles. The molecule has 0 saturated carbocycles. The molecule has 0 amide bonds. The summed E-state index contributed by atoms with van der Waals surface area (Å²) in [5.41, 5.74) is 5.73. The second-order valence-corrected chi connectivity index (χ2v) is 8.78. The normalized spacial score (nSPS) is 19.0. The van der Waals surface area contributed by atoms with Gasteiger partial charge in [0.2, 0.25) is 0 Å². The van der Waals surface area contributed by atoms with Gasteiger partial charge in [-0.15, -0.1) is 0 Å². The number of methoxy groups -OCH3 is 2. The highest BCUT2D eigenvalue weighted by Gasteiger charge is 2.36. The predicted octanol–water partition coefficient (Wildman–Crippen LogP) is 6.08. The highest BCUT2D eigenvalue weighted by atomic mass is 16.5. The van der Waals surface area contributed by atoms with Gasteiger partial charge < -0.3 is 24.8 Å². The molecule has 0 aromatic heterocycles. The average Bonchev–Trinajstić information content (AvgIpc) is 3.06. The fraction of sp³-hybridized carbons (Fsp3) is 0.276. The molecule has 6 nitrogen and oxygen atoms in total. The lowest BCUT2D eigenvalue weighted by Crippen LogP contribution is -2.26. The fourth-order valence-electron chi connectivity index (χ4n) is 5.01. The Balaban J connectivity index is 1.56. The van der Waals surface area contributed by atoms with Crippen LogP contribution in [0.5, 0.6) is 17.2 Å². The van der Waals surface area contributed by atoms with E-state index in [0.717, 1.165) is 45.9 Å². The zero-order valence-corrected chi connectivity index (χ0v) is 20.3. The number of fused-ring (bicyclic) bond motifs is 1. The summed E-state index contributed by atoms with van der Waals surface area (Å²) in [6.45, 7) is 2.60.